The van der Waals surface area contributed by atoms with Gasteiger partial charge in [-0.05, 0) is 41.3 Å². The van der Waals surface area contributed by atoms with Crippen LogP contribution in [0, 0.1) is 0 Å². The van der Waals surface area contributed by atoms with Crippen LogP contribution in [0.4, 0.5) is 0 Å². The fourth-order valence-electron chi connectivity index (χ4n) is 5.71. The monoisotopic (exact) mass is 428 g/mol. The van der Waals surface area contributed by atoms with Gasteiger partial charge in [-0.1, -0.05) is 109 Å². The van der Waals surface area contributed by atoms with Crippen molar-refractivity contribution < 1.29 is 0 Å². The number of nitrogens with one attached hydrogen (secondary N) is 1. The van der Waals surface area contributed by atoms with Crippen LogP contribution in [0.3, 0.4) is 0 Å². The molecule has 0 bridgehead atoms. The van der Waals surface area contributed by atoms with Crippen molar-refractivity contribution in [1.82, 2.24) is 9.88 Å². The van der Waals surface area contributed by atoms with Crippen molar-refractivity contribution in [3.63, 3.8) is 0 Å². The molecule has 2 heteroatoms. The second kappa shape index (κ2) is 8.38. The number of rotatable bonds is 4. The molecule has 0 fully saturated rings. The average molecular weight is 429 g/mol. The third kappa shape index (κ3) is 3.30. The SMILES string of the molecule is c1ccc(Cn2c3c(c4ccccc42)CCNCC3(c2ccccc2)c2ccccc2)cc1. The van der Waals surface area contributed by atoms with Crippen molar-refractivity contribution in [2.75, 3.05) is 13.1 Å². The molecule has 0 spiro atoms. The largest absolute Gasteiger partial charge is 0.339 e. The first-order valence-electron chi connectivity index (χ1n) is 11.8. The number of hydrogen-bond acceptors (Lipinski definition) is 1. The normalized spacial score (nSPS) is 15.2. The molecule has 0 amide bonds. The van der Waals surface area contributed by atoms with Crippen molar-refractivity contribution in [2.24, 2.45) is 0 Å². The summed E-state index contributed by atoms with van der Waals surface area (Å²) in [6.07, 6.45) is 1.03. The number of aromatic nitrogens is 1. The Morgan fingerprint density at radius 2 is 1.24 bits per heavy atom. The van der Waals surface area contributed by atoms with Crippen LogP contribution in [-0.4, -0.2) is 17.7 Å². The molecule has 33 heavy (non-hydrogen) atoms. The van der Waals surface area contributed by atoms with E-state index in [9.17, 15) is 0 Å². The molecule has 0 unspecified atom stereocenters. The minimum absolute atomic E-state index is 0.276. The van der Waals surface area contributed by atoms with Crippen molar-refractivity contribution in [1.29, 1.82) is 0 Å². The standard InChI is InChI=1S/C31H28N2/c1-4-12-24(13-5-1)22-33-29-19-11-10-18-27(29)28-20-21-32-23-31(30(28)33,25-14-6-2-7-15-25)26-16-8-3-9-17-26/h1-19,32H,20-23H2. The predicted octanol–water partition coefficient (Wildman–Crippen LogP) is 6.17. The molecule has 6 rings (SSSR count). The van der Waals surface area contributed by atoms with E-state index in [-0.39, 0.29) is 5.41 Å². The molecular weight excluding hydrogens is 400 g/mol. The lowest BCUT2D eigenvalue weighted by molar-refractivity contribution is 0.525. The van der Waals surface area contributed by atoms with Crippen molar-refractivity contribution in [2.45, 2.75) is 18.4 Å². The maximum absolute atomic E-state index is 3.81. The molecule has 1 aliphatic rings. The van der Waals surface area contributed by atoms with Gasteiger partial charge in [0.05, 0.1) is 5.41 Å². The molecule has 1 aromatic heterocycles. The number of para-hydroxylation sites is 1. The van der Waals surface area contributed by atoms with Gasteiger partial charge in [-0.15, -0.1) is 0 Å². The Hall–Kier alpha value is -3.62. The van der Waals surface area contributed by atoms with Gasteiger partial charge < -0.3 is 9.88 Å². The quantitative estimate of drug-likeness (QED) is 0.362. The fraction of sp³-hybridized carbons (Fsp3) is 0.161. The Bertz CT molecular complexity index is 1330. The zero-order valence-electron chi connectivity index (χ0n) is 18.7. The van der Waals surface area contributed by atoms with Gasteiger partial charge in [0.15, 0.2) is 0 Å². The Morgan fingerprint density at radius 1 is 0.667 bits per heavy atom. The summed E-state index contributed by atoms with van der Waals surface area (Å²) in [7, 11) is 0. The highest BCUT2D eigenvalue weighted by Crippen LogP contribution is 2.45. The molecular formula is C31H28N2. The topological polar surface area (TPSA) is 17.0 Å². The summed E-state index contributed by atoms with van der Waals surface area (Å²) >= 11 is 0. The molecule has 0 aliphatic carbocycles. The van der Waals surface area contributed by atoms with E-state index in [0.29, 0.717) is 0 Å². The molecule has 0 saturated carbocycles. The van der Waals surface area contributed by atoms with E-state index < -0.39 is 0 Å². The third-order valence-electron chi connectivity index (χ3n) is 7.14. The van der Waals surface area contributed by atoms with Crippen LogP contribution in [-0.2, 0) is 18.4 Å². The Labute approximate surface area is 195 Å². The van der Waals surface area contributed by atoms with Crippen LogP contribution in [0.1, 0.15) is 27.9 Å². The molecule has 0 radical (unpaired) electrons. The van der Waals surface area contributed by atoms with Crippen LogP contribution in [0.2, 0.25) is 0 Å². The lowest BCUT2D eigenvalue weighted by atomic mass is 9.70. The smallest absolute Gasteiger partial charge is 0.0731 e. The van der Waals surface area contributed by atoms with Gasteiger partial charge >= 0.3 is 0 Å². The molecule has 4 aromatic carbocycles. The summed E-state index contributed by atoms with van der Waals surface area (Å²) in [6, 6.07) is 42.0. The summed E-state index contributed by atoms with van der Waals surface area (Å²) in [4.78, 5) is 0. The van der Waals surface area contributed by atoms with E-state index in [1.54, 1.807) is 0 Å². The molecule has 2 nitrogen and oxygen atoms in total. The van der Waals surface area contributed by atoms with Crippen LogP contribution in [0.5, 0.6) is 0 Å². The number of benzene rings is 4. The zero-order chi connectivity index (χ0) is 22.1. The number of nitrogens with zero attached hydrogens (tertiary/aromatic N) is 1. The first-order valence-corrected chi connectivity index (χ1v) is 11.8. The van der Waals surface area contributed by atoms with Crippen molar-refractivity contribution in [3.8, 4) is 0 Å². The first kappa shape index (κ1) is 20.0. The second-order valence-corrected chi connectivity index (χ2v) is 8.98. The average Bonchev–Trinajstić information content (AvgIpc) is 3.06. The van der Waals surface area contributed by atoms with E-state index in [4.69, 9.17) is 0 Å². The second-order valence-electron chi connectivity index (χ2n) is 8.98. The van der Waals surface area contributed by atoms with Gasteiger partial charge in [-0.3, -0.25) is 0 Å². The summed E-state index contributed by atoms with van der Waals surface area (Å²) in [5.74, 6) is 0. The van der Waals surface area contributed by atoms with Gasteiger partial charge in [0, 0.05) is 29.7 Å². The van der Waals surface area contributed by atoms with Gasteiger partial charge in [0.1, 0.15) is 0 Å². The van der Waals surface area contributed by atoms with Gasteiger partial charge in [0.25, 0.3) is 0 Å². The van der Waals surface area contributed by atoms with Gasteiger partial charge in [-0.25, -0.2) is 0 Å². The lowest BCUT2D eigenvalue weighted by Crippen LogP contribution is -2.41. The Morgan fingerprint density at radius 3 is 1.91 bits per heavy atom. The molecule has 2 heterocycles. The minimum Gasteiger partial charge on any atom is -0.339 e. The molecule has 162 valence electrons. The maximum atomic E-state index is 3.81. The van der Waals surface area contributed by atoms with Gasteiger partial charge in [0.2, 0.25) is 0 Å². The van der Waals surface area contributed by atoms with E-state index >= 15 is 0 Å². The molecule has 5 aromatic rings. The highest BCUT2D eigenvalue weighted by atomic mass is 15.0. The summed E-state index contributed by atoms with van der Waals surface area (Å²) in [6.45, 7) is 2.71. The molecule has 1 aliphatic heterocycles. The molecule has 1 N–H and O–H groups in total. The fourth-order valence-corrected chi connectivity index (χ4v) is 5.71. The van der Waals surface area contributed by atoms with Crippen LogP contribution < -0.4 is 5.32 Å². The van der Waals surface area contributed by atoms with Crippen molar-refractivity contribution in [3.05, 3.63) is 143 Å². The van der Waals surface area contributed by atoms with Crippen LogP contribution in [0.25, 0.3) is 10.9 Å². The van der Waals surface area contributed by atoms with Crippen LogP contribution in [0.15, 0.2) is 115 Å². The lowest BCUT2D eigenvalue weighted by Gasteiger charge is -2.36. The predicted molar refractivity (Wildman–Crippen MR) is 137 cm³/mol. The highest BCUT2D eigenvalue weighted by molar-refractivity contribution is 5.87. The summed E-state index contributed by atoms with van der Waals surface area (Å²) in [5, 5.41) is 5.19. The van der Waals surface area contributed by atoms with Crippen molar-refractivity contribution >= 4 is 10.9 Å². The number of fused-ring (bicyclic) bond motifs is 3. The zero-order valence-corrected chi connectivity index (χ0v) is 18.7. The van der Waals surface area contributed by atoms with E-state index in [1.807, 2.05) is 0 Å². The highest BCUT2D eigenvalue weighted by Gasteiger charge is 2.42. The Balaban J connectivity index is 1.73. The first-order chi connectivity index (χ1) is 16.4. The minimum atomic E-state index is -0.276. The summed E-state index contributed by atoms with van der Waals surface area (Å²) in [5.41, 5.74) is 7.95. The van der Waals surface area contributed by atoms with E-state index in [0.717, 1.165) is 26.1 Å². The van der Waals surface area contributed by atoms with E-state index in [1.165, 1.54) is 38.9 Å². The Kier molecular flexibility index (Phi) is 5.09. The van der Waals surface area contributed by atoms with Gasteiger partial charge in [-0.2, -0.15) is 0 Å². The summed E-state index contributed by atoms with van der Waals surface area (Å²) < 4.78 is 2.59. The molecule has 0 atom stereocenters. The molecule has 0 saturated heterocycles. The van der Waals surface area contributed by atoms with Crippen LogP contribution >= 0.6 is 0 Å². The third-order valence-corrected chi connectivity index (χ3v) is 7.14. The maximum Gasteiger partial charge on any atom is 0.0731 e. The van der Waals surface area contributed by atoms with E-state index in [2.05, 4.69) is 125 Å². The number of hydrogen-bond donors (Lipinski definition) is 1.